The zero-order valence-electron chi connectivity index (χ0n) is 8.67. The van der Waals surface area contributed by atoms with Gasteiger partial charge in [0.15, 0.2) is 0 Å². The molecule has 0 atom stereocenters. The SMILES string of the molecule is [N-]=[N+]=NCC=Cc1cc(F)cc(C(=O)O)c1N. The first-order valence-corrected chi connectivity index (χ1v) is 4.56. The van der Waals surface area contributed by atoms with Crippen LogP contribution in [-0.2, 0) is 0 Å². The molecule has 0 aromatic heterocycles. The third-order valence-corrected chi connectivity index (χ3v) is 1.95. The number of carbonyl (C=O) groups is 1. The molecule has 0 saturated carbocycles. The Morgan fingerprint density at radius 2 is 2.35 bits per heavy atom. The average Bonchev–Trinajstić information content (AvgIpc) is 2.28. The summed E-state index contributed by atoms with van der Waals surface area (Å²) in [7, 11) is 0. The van der Waals surface area contributed by atoms with Gasteiger partial charge in [0, 0.05) is 17.0 Å². The number of carboxylic acids is 1. The summed E-state index contributed by atoms with van der Waals surface area (Å²) in [6.45, 7) is 0.0782. The Balaban J connectivity index is 3.11. The third-order valence-electron chi connectivity index (χ3n) is 1.95. The Labute approximate surface area is 95.8 Å². The zero-order chi connectivity index (χ0) is 12.8. The Morgan fingerprint density at radius 3 is 2.94 bits per heavy atom. The fourth-order valence-electron chi connectivity index (χ4n) is 1.22. The fourth-order valence-corrected chi connectivity index (χ4v) is 1.22. The highest BCUT2D eigenvalue weighted by Gasteiger charge is 2.12. The van der Waals surface area contributed by atoms with Crippen molar-refractivity contribution in [3.63, 3.8) is 0 Å². The molecule has 0 aliphatic heterocycles. The largest absolute Gasteiger partial charge is 0.478 e. The van der Waals surface area contributed by atoms with Crippen molar-refractivity contribution in [2.45, 2.75) is 0 Å². The van der Waals surface area contributed by atoms with E-state index in [9.17, 15) is 9.18 Å². The number of carboxylic acid groups (broad SMARTS) is 1. The highest BCUT2D eigenvalue weighted by Crippen LogP contribution is 2.21. The predicted octanol–water partition coefficient (Wildman–Crippen LogP) is 2.43. The third kappa shape index (κ3) is 3.22. The van der Waals surface area contributed by atoms with Gasteiger partial charge in [-0.05, 0) is 17.7 Å². The number of hydrogen-bond donors (Lipinski definition) is 2. The van der Waals surface area contributed by atoms with E-state index < -0.39 is 11.8 Å². The maximum absolute atomic E-state index is 13.1. The number of anilines is 1. The predicted molar refractivity (Wildman–Crippen MR) is 60.8 cm³/mol. The second kappa shape index (κ2) is 5.53. The van der Waals surface area contributed by atoms with Gasteiger partial charge in [-0.15, -0.1) is 0 Å². The molecule has 1 rings (SSSR count). The van der Waals surface area contributed by atoms with Gasteiger partial charge in [0.2, 0.25) is 0 Å². The monoisotopic (exact) mass is 236 g/mol. The molecule has 0 aliphatic rings. The number of benzene rings is 1. The molecule has 0 spiro atoms. The Morgan fingerprint density at radius 1 is 1.65 bits per heavy atom. The van der Waals surface area contributed by atoms with Crippen molar-refractivity contribution in [3.05, 3.63) is 45.6 Å². The van der Waals surface area contributed by atoms with Crippen LogP contribution in [-0.4, -0.2) is 17.6 Å². The van der Waals surface area contributed by atoms with Crippen LogP contribution in [0.15, 0.2) is 23.3 Å². The van der Waals surface area contributed by atoms with E-state index in [0.29, 0.717) is 0 Å². The number of halogens is 1. The highest BCUT2D eigenvalue weighted by molar-refractivity contribution is 5.95. The van der Waals surface area contributed by atoms with Crippen LogP contribution < -0.4 is 5.73 Å². The molecule has 0 aliphatic carbocycles. The van der Waals surface area contributed by atoms with Crippen molar-refractivity contribution in [2.75, 3.05) is 12.3 Å². The van der Waals surface area contributed by atoms with Crippen LogP contribution in [0.3, 0.4) is 0 Å². The van der Waals surface area contributed by atoms with Crippen LogP contribution in [0.2, 0.25) is 0 Å². The lowest BCUT2D eigenvalue weighted by Gasteiger charge is -2.05. The summed E-state index contributed by atoms with van der Waals surface area (Å²) in [6.07, 6.45) is 2.86. The summed E-state index contributed by atoms with van der Waals surface area (Å²) in [5.41, 5.74) is 13.5. The zero-order valence-corrected chi connectivity index (χ0v) is 8.67. The standard InChI is InChI=1S/C10H9FN4O2/c11-7-4-6(2-1-3-14-15-13)9(12)8(5-7)10(16)17/h1-2,4-5H,3,12H2,(H,16,17). The Kier molecular flexibility index (Phi) is 4.08. The first-order chi connectivity index (χ1) is 8.06. The normalized spacial score (nSPS) is 10.2. The van der Waals surface area contributed by atoms with E-state index in [1.807, 2.05) is 0 Å². The smallest absolute Gasteiger partial charge is 0.337 e. The van der Waals surface area contributed by atoms with Gasteiger partial charge in [0.25, 0.3) is 0 Å². The molecule has 0 radical (unpaired) electrons. The molecular weight excluding hydrogens is 227 g/mol. The fraction of sp³-hybridized carbons (Fsp3) is 0.100. The van der Waals surface area contributed by atoms with Gasteiger partial charge in [-0.3, -0.25) is 0 Å². The molecule has 0 bridgehead atoms. The van der Waals surface area contributed by atoms with Gasteiger partial charge < -0.3 is 10.8 Å². The second-order valence-corrected chi connectivity index (χ2v) is 3.08. The van der Waals surface area contributed by atoms with E-state index in [1.165, 1.54) is 12.2 Å². The van der Waals surface area contributed by atoms with E-state index >= 15 is 0 Å². The lowest BCUT2D eigenvalue weighted by atomic mass is 10.1. The lowest BCUT2D eigenvalue weighted by molar-refractivity contribution is 0.0697. The van der Waals surface area contributed by atoms with Crippen molar-refractivity contribution in [3.8, 4) is 0 Å². The second-order valence-electron chi connectivity index (χ2n) is 3.08. The Bertz CT molecular complexity index is 521. The molecule has 7 heteroatoms. The average molecular weight is 236 g/mol. The first kappa shape index (κ1) is 12.5. The van der Waals surface area contributed by atoms with Gasteiger partial charge in [-0.2, -0.15) is 0 Å². The Hall–Kier alpha value is -2.53. The van der Waals surface area contributed by atoms with Gasteiger partial charge in [-0.1, -0.05) is 17.3 Å². The van der Waals surface area contributed by atoms with Crippen molar-refractivity contribution in [1.29, 1.82) is 0 Å². The van der Waals surface area contributed by atoms with Crippen LogP contribution in [0.4, 0.5) is 10.1 Å². The molecule has 1 aromatic carbocycles. The van der Waals surface area contributed by atoms with Gasteiger partial charge in [0.1, 0.15) is 5.82 Å². The molecule has 6 nitrogen and oxygen atoms in total. The van der Waals surface area contributed by atoms with Crippen molar-refractivity contribution < 1.29 is 14.3 Å². The minimum absolute atomic E-state index is 0.0314. The molecule has 0 amide bonds. The first-order valence-electron chi connectivity index (χ1n) is 4.56. The maximum atomic E-state index is 13.1. The quantitative estimate of drug-likeness (QED) is 0.362. The minimum atomic E-state index is -1.30. The summed E-state index contributed by atoms with van der Waals surface area (Å²) >= 11 is 0. The number of azide groups is 1. The van der Waals surface area contributed by atoms with Crippen molar-refractivity contribution >= 4 is 17.7 Å². The summed E-state index contributed by atoms with van der Waals surface area (Å²) < 4.78 is 13.1. The molecule has 0 saturated heterocycles. The minimum Gasteiger partial charge on any atom is -0.478 e. The number of nitrogens with two attached hydrogens (primary N) is 1. The number of aromatic carboxylic acids is 1. The topological polar surface area (TPSA) is 112 Å². The van der Waals surface area contributed by atoms with E-state index in [2.05, 4.69) is 10.0 Å². The van der Waals surface area contributed by atoms with E-state index in [0.717, 1.165) is 12.1 Å². The van der Waals surface area contributed by atoms with Gasteiger partial charge in [-0.25, -0.2) is 9.18 Å². The number of rotatable bonds is 4. The summed E-state index contributed by atoms with van der Waals surface area (Å²) in [5.74, 6) is -1.99. The van der Waals surface area contributed by atoms with Crippen molar-refractivity contribution in [1.82, 2.24) is 0 Å². The van der Waals surface area contributed by atoms with Crippen LogP contribution >= 0.6 is 0 Å². The molecule has 0 heterocycles. The number of nitrogen functional groups attached to an aromatic ring is 1. The summed E-state index contributed by atoms with van der Waals surface area (Å²) in [6, 6.07) is 1.96. The van der Waals surface area contributed by atoms with Crippen LogP contribution in [0.5, 0.6) is 0 Å². The molecule has 0 unspecified atom stereocenters. The molecule has 3 N–H and O–H groups in total. The summed E-state index contributed by atoms with van der Waals surface area (Å²) in [4.78, 5) is 13.3. The summed E-state index contributed by atoms with van der Waals surface area (Å²) in [5, 5.41) is 12.0. The van der Waals surface area contributed by atoms with E-state index in [1.54, 1.807) is 0 Å². The van der Waals surface area contributed by atoms with Crippen molar-refractivity contribution in [2.24, 2.45) is 5.11 Å². The maximum Gasteiger partial charge on any atom is 0.337 e. The number of hydrogen-bond acceptors (Lipinski definition) is 3. The molecular formula is C10H9FN4O2. The van der Waals surface area contributed by atoms with Gasteiger partial charge in [0.05, 0.1) is 11.3 Å². The molecule has 17 heavy (non-hydrogen) atoms. The van der Waals surface area contributed by atoms with Crippen LogP contribution in [0.1, 0.15) is 15.9 Å². The number of nitrogens with zero attached hydrogens (tertiary/aromatic N) is 3. The highest BCUT2D eigenvalue weighted by atomic mass is 19.1. The van der Waals surface area contributed by atoms with E-state index in [-0.39, 0.29) is 23.4 Å². The van der Waals surface area contributed by atoms with E-state index in [4.69, 9.17) is 16.4 Å². The molecule has 1 aromatic rings. The molecule has 0 fully saturated rings. The van der Waals surface area contributed by atoms with Gasteiger partial charge >= 0.3 is 5.97 Å². The lowest BCUT2D eigenvalue weighted by Crippen LogP contribution is -2.05. The van der Waals surface area contributed by atoms with Crippen LogP contribution in [0, 0.1) is 5.82 Å². The molecule has 88 valence electrons. The van der Waals surface area contributed by atoms with Crippen LogP contribution in [0.25, 0.3) is 16.5 Å².